The molecule has 0 saturated carbocycles. The van der Waals surface area contributed by atoms with E-state index >= 15 is 0 Å². The van der Waals surface area contributed by atoms with Crippen molar-refractivity contribution in [3.63, 3.8) is 0 Å². The van der Waals surface area contributed by atoms with Crippen molar-refractivity contribution in [2.75, 3.05) is 88.1 Å². The Morgan fingerprint density at radius 2 is 1.13 bits per heavy atom. The molecule has 0 aromatic carbocycles. The van der Waals surface area contributed by atoms with Gasteiger partial charge < -0.3 is 29.8 Å². The molecule has 0 aromatic rings. The van der Waals surface area contributed by atoms with E-state index < -0.39 is 0 Å². The summed E-state index contributed by atoms with van der Waals surface area (Å²) in [4.78, 5) is 56.4. The summed E-state index contributed by atoms with van der Waals surface area (Å²) in [5.41, 5.74) is 0. The number of hydrogen-bond donors (Lipinski definition) is 1. The summed E-state index contributed by atoms with van der Waals surface area (Å²) in [5, 5.41) is 2.81. The normalized spacial score (nSPS) is 11.1. The molecule has 0 aliphatic carbocycles. The van der Waals surface area contributed by atoms with E-state index in [4.69, 9.17) is 0 Å². The van der Waals surface area contributed by atoms with E-state index in [0.717, 1.165) is 19.5 Å². The predicted octanol–water partition coefficient (Wildman–Crippen LogP) is -0.983. The molecule has 180 valence electrons. The highest BCUT2D eigenvalue weighted by Crippen LogP contribution is 2.00. The van der Waals surface area contributed by atoms with Gasteiger partial charge in [-0.05, 0) is 40.0 Å². The first-order chi connectivity index (χ1) is 14.3. The van der Waals surface area contributed by atoms with Gasteiger partial charge in [-0.3, -0.25) is 19.2 Å². The Kier molecular flexibility index (Phi) is 13.7. The van der Waals surface area contributed by atoms with Gasteiger partial charge in [0.2, 0.25) is 23.6 Å². The van der Waals surface area contributed by atoms with Crippen LogP contribution in [-0.4, -0.2) is 136 Å². The zero-order valence-electron chi connectivity index (χ0n) is 20.6. The van der Waals surface area contributed by atoms with Crippen molar-refractivity contribution >= 4 is 23.6 Å². The highest BCUT2D eigenvalue weighted by atomic mass is 16.2. The first-order valence-corrected chi connectivity index (χ1v) is 10.6. The smallest absolute Gasteiger partial charge is 0.242 e. The maximum absolute atomic E-state index is 12.3. The van der Waals surface area contributed by atoms with Crippen LogP contribution in [0.4, 0.5) is 0 Å². The minimum Gasteiger partial charge on any atom is -0.353 e. The minimum atomic E-state index is -0.345. The monoisotopic (exact) mass is 442 g/mol. The van der Waals surface area contributed by atoms with Gasteiger partial charge >= 0.3 is 0 Å². The third kappa shape index (κ3) is 13.7. The molecule has 10 heteroatoms. The Morgan fingerprint density at radius 3 is 1.58 bits per heavy atom. The lowest BCUT2D eigenvalue weighted by molar-refractivity contribution is -0.143. The van der Waals surface area contributed by atoms with Gasteiger partial charge in [-0.1, -0.05) is 13.8 Å². The molecule has 0 spiro atoms. The lowest BCUT2D eigenvalue weighted by Crippen LogP contribution is -2.47. The van der Waals surface area contributed by atoms with Crippen LogP contribution in [0.3, 0.4) is 0 Å². The highest BCUT2D eigenvalue weighted by Gasteiger charge is 2.20. The SMILES string of the molecule is CC(C)CCN(C)CCNC(=O)CN(C)C(=O)CN(C)C(=O)CN(C)C(=O)CN(C)C. The summed E-state index contributed by atoms with van der Waals surface area (Å²) in [6.45, 7) is 6.46. The number of nitrogens with zero attached hydrogens (tertiary/aromatic N) is 5. The summed E-state index contributed by atoms with van der Waals surface area (Å²) in [6.07, 6.45) is 1.10. The van der Waals surface area contributed by atoms with Crippen LogP contribution in [0.1, 0.15) is 20.3 Å². The van der Waals surface area contributed by atoms with E-state index in [1.165, 1.54) is 28.8 Å². The number of rotatable bonds is 14. The quantitative estimate of drug-likeness (QED) is 0.371. The highest BCUT2D eigenvalue weighted by molar-refractivity contribution is 5.90. The molecule has 0 bridgehead atoms. The molecule has 1 N–H and O–H groups in total. The molecule has 0 unspecified atom stereocenters. The number of likely N-dealkylation sites (N-methyl/N-ethyl adjacent to an activating group) is 5. The van der Waals surface area contributed by atoms with E-state index in [1.54, 1.807) is 26.0 Å². The second-order valence-corrected chi connectivity index (χ2v) is 8.82. The van der Waals surface area contributed by atoms with Gasteiger partial charge in [-0.25, -0.2) is 0 Å². The Hall–Kier alpha value is -2.20. The van der Waals surface area contributed by atoms with Crippen molar-refractivity contribution in [3.8, 4) is 0 Å². The first-order valence-electron chi connectivity index (χ1n) is 10.6. The zero-order valence-corrected chi connectivity index (χ0v) is 20.6. The van der Waals surface area contributed by atoms with Crippen molar-refractivity contribution in [1.29, 1.82) is 0 Å². The minimum absolute atomic E-state index is 0.0716. The predicted molar refractivity (Wildman–Crippen MR) is 121 cm³/mol. The number of hydrogen-bond acceptors (Lipinski definition) is 6. The van der Waals surface area contributed by atoms with E-state index in [1.807, 2.05) is 7.05 Å². The van der Waals surface area contributed by atoms with Crippen LogP contribution in [0.2, 0.25) is 0 Å². The van der Waals surface area contributed by atoms with Crippen molar-refractivity contribution < 1.29 is 19.2 Å². The molecule has 0 heterocycles. The first kappa shape index (κ1) is 28.8. The van der Waals surface area contributed by atoms with Crippen molar-refractivity contribution in [2.45, 2.75) is 20.3 Å². The van der Waals surface area contributed by atoms with E-state index in [9.17, 15) is 19.2 Å². The molecule has 0 fully saturated rings. The Balaban J connectivity index is 4.29. The molecule has 10 nitrogen and oxygen atoms in total. The summed E-state index contributed by atoms with van der Waals surface area (Å²) < 4.78 is 0. The Bertz CT molecular complexity index is 596. The fourth-order valence-electron chi connectivity index (χ4n) is 2.55. The number of carbonyl (C=O) groups is 4. The Labute approximate surface area is 187 Å². The average Bonchev–Trinajstić information content (AvgIpc) is 2.65. The van der Waals surface area contributed by atoms with Crippen LogP contribution < -0.4 is 5.32 Å². The van der Waals surface area contributed by atoms with Gasteiger partial charge in [-0.2, -0.15) is 0 Å². The number of amides is 4. The van der Waals surface area contributed by atoms with E-state index in [2.05, 4.69) is 24.1 Å². The molecule has 0 radical (unpaired) electrons. The van der Waals surface area contributed by atoms with Gasteiger partial charge in [-0.15, -0.1) is 0 Å². The van der Waals surface area contributed by atoms with Crippen LogP contribution in [0.5, 0.6) is 0 Å². The largest absolute Gasteiger partial charge is 0.353 e. The van der Waals surface area contributed by atoms with Crippen LogP contribution in [0.25, 0.3) is 0 Å². The maximum atomic E-state index is 12.3. The van der Waals surface area contributed by atoms with Gasteiger partial charge in [0.05, 0.1) is 26.2 Å². The lowest BCUT2D eigenvalue weighted by Gasteiger charge is -2.25. The van der Waals surface area contributed by atoms with Crippen molar-refractivity contribution in [3.05, 3.63) is 0 Å². The molecule has 4 amide bonds. The number of carbonyl (C=O) groups excluding carboxylic acids is 4. The molecule has 0 aromatic heterocycles. The van der Waals surface area contributed by atoms with Crippen molar-refractivity contribution in [2.24, 2.45) is 5.92 Å². The molecule has 0 rings (SSSR count). The van der Waals surface area contributed by atoms with Gasteiger partial charge in [0.25, 0.3) is 0 Å². The summed E-state index contributed by atoms with van der Waals surface area (Å²) in [7, 11) is 10.1. The fraction of sp³-hybridized carbons (Fsp3) is 0.810. The van der Waals surface area contributed by atoms with Gasteiger partial charge in [0.1, 0.15) is 0 Å². The molecule has 0 aliphatic heterocycles. The van der Waals surface area contributed by atoms with Gasteiger partial charge in [0, 0.05) is 34.2 Å². The standard InChI is InChI=1S/C21H42N6O4/c1-17(2)9-11-24(5)12-10-22-18(28)13-25(6)20(30)15-27(8)21(31)16-26(7)19(29)14-23(3)4/h17H,9-16H2,1-8H3,(H,22,28). The van der Waals surface area contributed by atoms with Gasteiger partial charge in [0.15, 0.2) is 0 Å². The maximum Gasteiger partial charge on any atom is 0.242 e. The average molecular weight is 443 g/mol. The van der Waals surface area contributed by atoms with Crippen LogP contribution in [0, 0.1) is 5.92 Å². The number of nitrogens with one attached hydrogen (secondary N) is 1. The second-order valence-electron chi connectivity index (χ2n) is 8.82. The molecular formula is C21H42N6O4. The fourth-order valence-corrected chi connectivity index (χ4v) is 2.55. The summed E-state index contributed by atoms with van der Waals surface area (Å²) >= 11 is 0. The molecule has 0 aliphatic rings. The zero-order chi connectivity index (χ0) is 24.1. The second kappa shape index (κ2) is 14.7. The van der Waals surface area contributed by atoms with E-state index in [0.29, 0.717) is 12.5 Å². The molecule has 31 heavy (non-hydrogen) atoms. The van der Waals surface area contributed by atoms with Crippen LogP contribution in [-0.2, 0) is 19.2 Å². The summed E-state index contributed by atoms with van der Waals surface area (Å²) in [6, 6.07) is 0. The van der Waals surface area contributed by atoms with Crippen molar-refractivity contribution in [1.82, 2.24) is 29.8 Å². The molecule has 0 saturated heterocycles. The topological polar surface area (TPSA) is 96.5 Å². The van der Waals surface area contributed by atoms with Crippen LogP contribution in [0.15, 0.2) is 0 Å². The Morgan fingerprint density at radius 1 is 0.677 bits per heavy atom. The molecule has 0 atom stereocenters. The third-order valence-electron chi connectivity index (χ3n) is 4.76. The van der Waals surface area contributed by atoms with Crippen LogP contribution >= 0.6 is 0 Å². The third-order valence-corrected chi connectivity index (χ3v) is 4.76. The molecular weight excluding hydrogens is 400 g/mol. The lowest BCUT2D eigenvalue weighted by atomic mass is 10.1. The summed E-state index contributed by atoms with van der Waals surface area (Å²) in [5.74, 6) is -0.467. The van der Waals surface area contributed by atoms with E-state index in [-0.39, 0.29) is 49.8 Å².